The summed E-state index contributed by atoms with van der Waals surface area (Å²) < 4.78 is 141. The zero-order valence-corrected chi connectivity index (χ0v) is 50.9. The van der Waals surface area contributed by atoms with Crippen molar-refractivity contribution in [2.24, 2.45) is 39.4 Å². The van der Waals surface area contributed by atoms with E-state index in [1.54, 1.807) is 0 Å². The summed E-state index contributed by atoms with van der Waals surface area (Å²) in [6.07, 6.45) is -24.1. The molecule has 30 heteroatoms. The van der Waals surface area contributed by atoms with Crippen molar-refractivity contribution in [1.82, 2.24) is 0 Å². The van der Waals surface area contributed by atoms with Gasteiger partial charge in [-0.2, -0.15) is 16.8 Å². The molecule has 0 aromatic carbocycles. The molecule has 1 spiro atoms. The Kier molecular flexibility index (Phi) is 19.4. The smallest absolute Gasteiger partial charge is 0.397 e. The molecule has 9 rings (SSSR count). The maximum Gasteiger partial charge on any atom is 0.397 e. The van der Waals surface area contributed by atoms with Crippen molar-refractivity contribution < 1.29 is 132 Å². The number of carbonyl (C=O) groups excluding carboxylic acids is 2. The van der Waals surface area contributed by atoms with Crippen molar-refractivity contribution in [3.63, 3.8) is 0 Å². The highest BCUT2D eigenvalue weighted by Crippen LogP contribution is 2.77. The minimum Gasteiger partial charge on any atom is -0.462 e. The second kappa shape index (κ2) is 24.6. The fourth-order valence-electron chi connectivity index (χ4n) is 16.4. The van der Waals surface area contributed by atoms with Gasteiger partial charge in [-0.1, -0.05) is 51.0 Å². The third-order valence-corrected chi connectivity index (χ3v) is 21.3. The minimum atomic E-state index is -5.21. The van der Waals surface area contributed by atoms with Gasteiger partial charge >= 0.3 is 32.7 Å². The molecule has 27 atom stereocenters. The molecule has 0 amide bonds. The van der Waals surface area contributed by atoms with Crippen LogP contribution in [0.15, 0.2) is 23.3 Å². The molecule has 4 aliphatic carbocycles. The number of hydrogen-bond donors (Lipinski definition) is 9. The Balaban J connectivity index is 0.927. The van der Waals surface area contributed by atoms with Crippen LogP contribution >= 0.6 is 0 Å². The van der Waals surface area contributed by atoms with E-state index >= 15 is 0 Å². The number of hydrogen-bond acceptors (Lipinski definition) is 26. The predicted octanol–water partition coefficient (Wildman–Crippen LogP) is 0.447. The Morgan fingerprint density at radius 1 is 0.729 bits per heavy atom. The molecule has 85 heavy (non-hydrogen) atoms. The summed E-state index contributed by atoms with van der Waals surface area (Å²) >= 11 is 0. The zero-order valence-electron chi connectivity index (χ0n) is 49.3. The Labute approximate surface area is 494 Å². The van der Waals surface area contributed by atoms with Gasteiger partial charge < -0.3 is 87.9 Å². The van der Waals surface area contributed by atoms with Crippen molar-refractivity contribution >= 4 is 32.7 Å². The molecule has 5 aliphatic heterocycles. The third-order valence-electron chi connectivity index (χ3n) is 20.4. The van der Waals surface area contributed by atoms with Gasteiger partial charge in [-0.25, -0.2) is 8.37 Å². The molecule has 8 fully saturated rings. The van der Waals surface area contributed by atoms with E-state index in [1.165, 1.54) is 21.0 Å². The van der Waals surface area contributed by atoms with Gasteiger partial charge in [-0.05, 0) is 102 Å². The van der Waals surface area contributed by atoms with E-state index in [4.69, 9.17) is 56.3 Å². The molecule has 9 N–H and O–H groups in total. The first-order chi connectivity index (χ1) is 39.5. The first kappa shape index (κ1) is 66.9. The molecule has 0 radical (unpaired) electrons. The molecule has 1 unspecified atom stereocenters. The van der Waals surface area contributed by atoms with E-state index in [-0.39, 0.29) is 29.1 Å². The number of cyclic esters (lactones) is 1. The van der Waals surface area contributed by atoms with E-state index in [9.17, 15) is 71.3 Å². The number of fused-ring (bicyclic) bond motifs is 4. The van der Waals surface area contributed by atoms with Crippen LogP contribution in [0.25, 0.3) is 0 Å². The second-order valence-corrected chi connectivity index (χ2v) is 28.3. The number of esters is 2. The fraction of sp³-hybridized carbons (Fsp3) is 0.891. The van der Waals surface area contributed by atoms with Gasteiger partial charge in [0.05, 0.1) is 43.4 Å². The van der Waals surface area contributed by atoms with E-state index < -0.39 is 191 Å². The monoisotopic (exact) mass is 1260 g/mol. The minimum absolute atomic E-state index is 0.0116. The van der Waals surface area contributed by atoms with E-state index in [0.717, 1.165) is 11.1 Å². The highest BCUT2D eigenvalue weighted by Gasteiger charge is 2.79. The standard InChI is InChI=1S/C55H86O28S2/c1-24(2)12-11-17-54(9)45-30(76-26(4)56)20-53(8)28-13-14-33-51(5,6)34(16-18-52(33,7)27(28)15-19-55(45,53)50(64)82-54)78-49-44(36(59)32(22-73-49)83-85(68,69)70)81-47-38(61)37(60)41(25(3)75-47)79-48-40(63)43(35(58)31(77-48)23-74-84(65,66)67)80-46-39(62)42(71-10)29(57)21-72-46/h12-13,25,27,29-49,57-63H,11,14-23H2,1-10H3,(H,65,66,67)(H,68,69,70)/t25-,27+,29-,30+,31-,32-,33+,34?,35-,36+,37-,38-,39-,40-,41-,42+,43+,44-,45-,46+,47+,48+,49+,52-,53+,54+,55-/m1/s1. The predicted molar refractivity (Wildman–Crippen MR) is 286 cm³/mol. The van der Waals surface area contributed by atoms with Crippen molar-refractivity contribution in [3.8, 4) is 0 Å². The van der Waals surface area contributed by atoms with E-state index in [0.29, 0.717) is 51.4 Å². The summed E-state index contributed by atoms with van der Waals surface area (Å²) in [7, 11) is -9.17. The first-order valence-electron chi connectivity index (χ1n) is 29.0. The largest absolute Gasteiger partial charge is 0.462 e. The van der Waals surface area contributed by atoms with Crippen molar-refractivity contribution in [2.75, 3.05) is 26.9 Å². The maximum absolute atomic E-state index is 14.7. The van der Waals surface area contributed by atoms with Crippen molar-refractivity contribution in [1.29, 1.82) is 0 Å². The maximum atomic E-state index is 14.7. The van der Waals surface area contributed by atoms with Crippen LogP contribution in [0.1, 0.15) is 114 Å². The highest BCUT2D eigenvalue weighted by molar-refractivity contribution is 7.81. The average molecular weight is 1260 g/mol. The fourth-order valence-corrected chi connectivity index (χ4v) is 17.2. The Hall–Kier alpha value is -2.48. The second-order valence-electron chi connectivity index (χ2n) is 26.1. The lowest BCUT2D eigenvalue weighted by molar-refractivity contribution is -0.386. The van der Waals surface area contributed by atoms with Gasteiger partial charge in [-0.15, -0.1) is 0 Å². The van der Waals surface area contributed by atoms with Gasteiger partial charge in [0, 0.05) is 19.4 Å². The number of aliphatic hydroxyl groups excluding tert-OH is 7. The number of aliphatic hydroxyl groups is 7. The summed E-state index contributed by atoms with van der Waals surface area (Å²) in [6, 6.07) is 0. The lowest BCUT2D eigenvalue weighted by atomic mass is 9.41. The molecular formula is C55H86O28S2. The van der Waals surface area contributed by atoms with Gasteiger partial charge in [0.15, 0.2) is 25.2 Å². The number of carbonyl (C=O) groups is 2. The zero-order chi connectivity index (χ0) is 62.5. The summed E-state index contributed by atoms with van der Waals surface area (Å²) in [5.41, 5.74) is -1.22. The summed E-state index contributed by atoms with van der Waals surface area (Å²) in [6.45, 7) is 15.1. The van der Waals surface area contributed by atoms with Crippen LogP contribution in [0.5, 0.6) is 0 Å². The number of methoxy groups -OCH3 is 1. The average Bonchev–Trinajstić information content (AvgIpc) is 1.53. The molecule has 0 aromatic heterocycles. The van der Waals surface area contributed by atoms with Crippen LogP contribution in [0.2, 0.25) is 0 Å². The summed E-state index contributed by atoms with van der Waals surface area (Å²) in [5.74, 6) is -1.09. The Bertz CT molecular complexity index is 2730. The molecule has 9 aliphatic rings. The molecule has 5 heterocycles. The van der Waals surface area contributed by atoms with Crippen molar-refractivity contribution in [2.45, 2.75) is 242 Å². The molecule has 28 nitrogen and oxygen atoms in total. The molecular weight excluding hydrogens is 1170 g/mol. The van der Waals surface area contributed by atoms with Gasteiger partial charge in [0.25, 0.3) is 0 Å². The van der Waals surface area contributed by atoms with Crippen molar-refractivity contribution in [3.05, 3.63) is 23.3 Å². The van der Waals surface area contributed by atoms with Gasteiger partial charge in [0.1, 0.15) is 91.1 Å². The molecule has 0 aromatic rings. The van der Waals surface area contributed by atoms with Gasteiger partial charge in [0.2, 0.25) is 0 Å². The summed E-state index contributed by atoms with van der Waals surface area (Å²) in [5, 5.41) is 79.2. The van der Waals surface area contributed by atoms with Gasteiger partial charge in [-0.3, -0.25) is 18.7 Å². The Morgan fingerprint density at radius 3 is 2.02 bits per heavy atom. The molecule has 0 bridgehead atoms. The number of allylic oxidation sites excluding steroid dienone is 4. The topological polar surface area (TPSA) is 404 Å². The van der Waals surface area contributed by atoms with Crippen LogP contribution in [0, 0.1) is 39.4 Å². The number of rotatable bonds is 18. The number of ether oxygens (including phenoxy) is 11. The van der Waals surface area contributed by atoms with Crippen LogP contribution < -0.4 is 0 Å². The van der Waals surface area contributed by atoms with Crippen LogP contribution in [0.4, 0.5) is 0 Å². The quantitative estimate of drug-likeness (QED) is 0.0511. The lowest BCUT2D eigenvalue weighted by Gasteiger charge is -2.64. The van der Waals surface area contributed by atoms with Crippen LogP contribution in [0.3, 0.4) is 0 Å². The summed E-state index contributed by atoms with van der Waals surface area (Å²) in [4.78, 5) is 27.5. The first-order valence-corrected chi connectivity index (χ1v) is 31.7. The molecule has 5 saturated heterocycles. The van der Waals surface area contributed by atoms with Crippen LogP contribution in [-0.4, -0.2) is 229 Å². The SMILES string of the molecule is CO[C@@H]1[C@@H](O)[C@H](O[C@@H]2[C@@H](O)[C@H](O[C@H]3[C@H](O)[C@@H](O)[C@H](O[C@H]4[C@H](OC5CC[C@]6(C)[C@H]7CC[C@]89C(=O)O[C@@](C)(CCC=C(C)C)[C@H]8[C@@H](OC(C)=O)C[C@@]9(C)C7=CC[C@H]6C5(C)C)OC[C@@H](OS(=O)(=O)O)[C@@H]4O)O[C@@H]3C)O[C@H](COS(=O)(=O)O)[C@H]2O)OC[C@H]1O. The highest BCUT2D eigenvalue weighted by atomic mass is 32.3. The molecule has 3 saturated carbocycles. The van der Waals surface area contributed by atoms with E-state index in [1.807, 2.05) is 20.8 Å². The molecule has 486 valence electrons. The third kappa shape index (κ3) is 12.4. The van der Waals surface area contributed by atoms with E-state index in [2.05, 4.69) is 44.0 Å². The lowest BCUT2D eigenvalue weighted by Crippen LogP contribution is -2.66. The van der Waals surface area contributed by atoms with Crippen LogP contribution in [-0.2, 0) is 90.9 Å². The normalized spacial score (nSPS) is 48.0. The Morgan fingerprint density at radius 2 is 1.38 bits per heavy atom.